The Kier molecular flexibility index (Phi) is 5.67. The Labute approximate surface area is 116 Å². The molecule has 1 saturated carbocycles. The van der Waals surface area contributed by atoms with E-state index in [1.165, 1.54) is 31.2 Å². The van der Waals surface area contributed by atoms with Crippen LogP contribution in [0, 0.1) is 0 Å². The topological polar surface area (TPSA) is 30.5 Å². The van der Waals surface area contributed by atoms with Gasteiger partial charge in [-0.3, -0.25) is 0 Å². The molecule has 3 nitrogen and oxygen atoms in total. The Morgan fingerprint density at radius 3 is 2.53 bits per heavy atom. The molecule has 1 fully saturated rings. The van der Waals surface area contributed by atoms with Gasteiger partial charge < -0.3 is 14.8 Å². The normalized spacial score (nSPS) is 17.6. The number of nitrogens with one attached hydrogen (secondary N) is 1. The SMILES string of the molecule is COC[C@H](C)Oc1ccc(CNC2CCCC2)cc1. The number of hydrogen-bond acceptors (Lipinski definition) is 3. The molecule has 1 aromatic carbocycles. The maximum atomic E-state index is 5.74. The lowest BCUT2D eigenvalue weighted by Crippen LogP contribution is -2.25. The van der Waals surface area contributed by atoms with Crippen molar-refractivity contribution in [2.75, 3.05) is 13.7 Å². The van der Waals surface area contributed by atoms with E-state index in [9.17, 15) is 0 Å². The summed E-state index contributed by atoms with van der Waals surface area (Å²) < 4.78 is 10.8. The van der Waals surface area contributed by atoms with Crippen molar-refractivity contribution in [3.63, 3.8) is 0 Å². The fourth-order valence-electron chi connectivity index (χ4n) is 2.58. The third kappa shape index (κ3) is 4.84. The van der Waals surface area contributed by atoms with Crippen LogP contribution in [0.1, 0.15) is 38.2 Å². The van der Waals surface area contributed by atoms with E-state index < -0.39 is 0 Å². The maximum absolute atomic E-state index is 5.74. The molecule has 0 spiro atoms. The first-order valence-corrected chi connectivity index (χ1v) is 7.26. The Balaban J connectivity index is 1.77. The Morgan fingerprint density at radius 1 is 1.21 bits per heavy atom. The summed E-state index contributed by atoms with van der Waals surface area (Å²) in [5, 5.41) is 3.62. The van der Waals surface area contributed by atoms with Gasteiger partial charge in [0.1, 0.15) is 11.9 Å². The summed E-state index contributed by atoms with van der Waals surface area (Å²) in [4.78, 5) is 0. The van der Waals surface area contributed by atoms with Gasteiger partial charge in [0.2, 0.25) is 0 Å². The summed E-state index contributed by atoms with van der Waals surface area (Å²) in [6, 6.07) is 9.07. The van der Waals surface area contributed by atoms with Gasteiger partial charge in [0, 0.05) is 19.7 Å². The Hall–Kier alpha value is -1.06. The number of methoxy groups -OCH3 is 1. The van der Waals surface area contributed by atoms with Crippen LogP contribution in [0.25, 0.3) is 0 Å². The van der Waals surface area contributed by atoms with Crippen LogP contribution in [0.4, 0.5) is 0 Å². The summed E-state index contributed by atoms with van der Waals surface area (Å²) in [6.45, 7) is 3.59. The molecule has 0 bridgehead atoms. The largest absolute Gasteiger partial charge is 0.488 e. The van der Waals surface area contributed by atoms with Crippen LogP contribution in [-0.4, -0.2) is 25.9 Å². The van der Waals surface area contributed by atoms with Crippen molar-refractivity contribution < 1.29 is 9.47 Å². The summed E-state index contributed by atoms with van der Waals surface area (Å²) in [5.74, 6) is 0.911. The zero-order valence-corrected chi connectivity index (χ0v) is 12.0. The number of rotatable bonds is 7. The summed E-state index contributed by atoms with van der Waals surface area (Å²) in [7, 11) is 1.69. The molecule has 106 valence electrons. The molecule has 3 heteroatoms. The van der Waals surface area contributed by atoms with E-state index >= 15 is 0 Å². The summed E-state index contributed by atoms with van der Waals surface area (Å²) >= 11 is 0. The van der Waals surface area contributed by atoms with Crippen molar-refractivity contribution in [3.05, 3.63) is 29.8 Å². The Bertz CT molecular complexity index is 358. The standard InChI is InChI=1S/C16H25NO2/c1-13(12-18-2)19-16-9-7-14(8-10-16)11-17-15-5-3-4-6-15/h7-10,13,15,17H,3-6,11-12H2,1-2H3/t13-/m0/s1. The summed E-state index contributed by atoms with van der Waals surface area (Å²) in [5.41, 5.74) is 1.32. The molecule has 1 atom stereocenters. The predicted octanol–water partition coefficient (Wildman–Crippen LogP) is 3.13. The van der Waals surface area contributed by atoms with Crippen LogP contribution < -0.4 is 10.1 Å². The van der Waals surface area contributed by atoms with E-state index in [0.717, 1.165) is 18.3 Å². The minimum Gasteiger partial charge on any atom is -0.488 e. The van der Waals surface area contributed by atoms with Gasteiger partial charge in [-0.05, 0) is 37.5 Å². The average molecular weight is 263 g/mol. The first-order chi connectivity index (χ1) is 9.28. The van der Waals surface area contributed by atoms with E-state index in [-0.39, 0.29) is 6.10 Å². The maximum Gasteiger partial charge on any atom is 0.119 e. The highest BCUT2D eigenvalue weighted by Gasteiger charge is 2.13. The highest BCUT2D eigenvalue weighted by molar-refractivity contribution is 5.27. The van der Waals surface area contributed by atoms with Crippen molar-refractivity contribution in [2.45, 2.75) is 51.3 Å². The molecular weight excluding hydrogens is 238 g/mol. The number of ether oxygens (including phenoxy) is 2. The van der Waals surface area contributed by atoms with Crippen molar-refractivity contribution in [2.24, 2.45) is 0 Å². The number of hydrogen-bond donors (Lipinski definition) is 1. The van der Waals surface area contributed by atoms with Gasteiger partial charge >= 0.3 is 0 Å². The van der Waals surface area contributed by atoms with Crippen molar-refractivity contribution in [1.82, 2.24) is 5.32 Å². The van der Waals surface area contributed by atoms with Crippen molar-refractivity contribution in [3.8, 4) is 5.75 Å². The lowest BCUT2D eigenvalue weighted by atomic mass is 10.2. The molecule has 0 radical (unpaired) electrons. The fourth-order valence-corrected chi connectivity index (χ4v) is 2.58. The highest BCUT2D eigenvalue weighted by atomic mass is 16.5. The van der Waals surface area contributed by atoms with Gasteiger partial charge in [-0.2, -0.15) is 0 Å². The molecular formula is C16H25NO2. The molecule has 19 heavy (non-hydrogen) atoms. The molecule has 0 unspecified atom stereocenters. The van der Waals surface area contributed by atoms with Crippen molar-refractivity contribution in [1.29, 1.82) is 0 Å². The minimum absolute atomic E-state index is 0.0902. The fraction of sp³-hybridized carbons (Fsp3) is 0.625. The quantitative estimate of drug-likeness (QED) is 0.820. The van der Waals surface area contributed by atoms with Gasteiger partial charge in [-0.15, -0.1) is 0 Å². The molecule has 0 aliphatic heterocycles. The zero-order chi connectivity index (χ0) is 13.5. The monoisotopic (exact) mass is 263 g/mol. The molecule has 0 amide bonds. The highest BCUT2D eigenvalue weighted by Crippen LogP contribution is 2.19. The first-order valence-electron chi connectivity index (χ1n) is 7.26. The van der Waals surface area contributed by atoms with Gasteiger partial charge in [0.15, 0.2) is 0 Å². The van der Waals surface area contributed by atoms with Crippen LogP contribution >= 0.6 is 0 Å². The lowest BCUT2D eigenvalue weighted by molar-refractivity contribution is 0.0921. The van der Waals surface area contributed by atoms with Gasteiger partial charge in [0.25, 0.3) is 0 Å². The minimum atomic E-state index is 0.0902. The molecule has 2 rings (SSSR count). The first kappa shape index (κ1) is 14.4. The van der Waals surface area contributed by atoms with Gasteiger partial charge in [0.05, 0.1) is 6.61 Å². The van der Waals surface area contributed by atoms with Gasteiger partial charge in [-0.1, -0.05) is 25.0 Å². The summed E-state index contributed by atoms with van der Waals surface area (Å²) in [6.07, 6.45) is 5.50. The van der Waals surface area contributed by atoms with Gasteiger partial charge in [-0.25, -0.2) is 0 Å². The third-order valence-electron chi connectivity index (χ3n) is 3.61. The van der Waals surface area contributed by atoms with E-state index in [4.69, 9.17) is 9.47 Å². The molecule has 0 aromatic heterocycles. The predicted molar refractivity (Wildman–Crippen MR) is 77.5 cm³/mol. The van der Waals surface area contributed by atoms with Crippen LogP contribution in [-0.2, 0) is 11.3 Å². The third-order valence-corrected chi connectivity index (χ3v) is 3.61. The zero-order valence-electron chi connectivity index (χ0n) is 12.0. The molecule has 1 aliphatic rings. The van der Waals surface area contributed by atoms with E-state index in [1.54, 1.807) is 7.11 Å². The van der Waals surface area contributed by atoms with Crippen LogP contribution in [0.2, 0.25) is 0 Å². The second-order valence-electron chi connectivity index (χ2n) is 5.39. The number of benzene rings is 1. The van der Waals surface area contributed by atoms with Crippen LogP contribution in [0.15, 0.2) is 24.3 Å². The van der Waals surface area contributed by atoms with E-state index in [2.05, 4.69) is 17.4 Å². The van der Waals surface area contributed by atoms with Crippen molar-refractivity contribution >= 4 is 0 Å². The van der Waals surface area contributed by atoms with E-state index in [0.29, 0.717) is 6.61 Å². The second kappa shape index (κ2) is 7.51. The smallest absolute Gasteiger partial charge is 0.119 e. The molecule has 0 saturated heterocycles. The molecule has 1 aromatic rings. The van der Waals surface area contributed by atoms with Crippen LogP contribution in [0.5, 0.6) is 5.75 Å². The lowest BCUT2D eigenvalue weighted by Gasteiger charge is -2.15. The molecule has 1 aliphatic carbocycles. The van der Waals surface area contributed by atoms with E-state index in [1.807, 2.05) is 19.1 Å². The molecule has 1 N–H and O–H groups in total. The second-order valence-corrected chi connectivity index (χ2v) is 5.39. The average Bonchev–Trinajstić information content (AvgIpc) is 2.91. The Morgan fingerprint density at radius 2 is 1.89 bits per heavy atom. The molecule has 0 heterocycles. The van der Waals surface area contributed by atoms with Crippen LogP contribution in [0.3, 0.4) is 0 Å².